The van der Waals surface area contributed by atoms with Crippen LogP contribution in [0.15, 0.2) is 18.2 Å². The number of hydrogen-bond acceptors (Lipinski definition) is 1. The number of rotatable bonds is 1. The van der Waals surface area contributed by atoms with Gasteiger partial charge in [0.2, 0.25) is 0 Å². The Bertz CT molecular complexity index is 311. The minimum atomic E-state index is 0.119. The molecule has 0 heterocycles. The molecule has 0 unspecified atom stereocenters. The molecule has 1 aromatic carbocycles. The van der Waals surface area contributed by atoms with Gasteiger partial charge in [0.1, 0.15) is 0 Å². The van der Waals surface area contributed by atoms with Crippen molar-refractivity contribution in [2.45, 2.75) is 20.8 Å². The zero-order valence-corrected chi connectivity index (χ0v) is 7.72. The summed E-state index contributed by atoms with van der Waals surface area (Å²) >= 11 is 0. The normalized spacial score (nSPS) is 10.9. The Hall–Kier alpha value is -1.24. The first-order valence-electron chi connectivity index (χ1n) is 4.06. The van der Waals surface area contributed by atoms with Crippen LogP contribution in [0.1, 0.15) is 23.6 Å². The van der Waals surface area contributed by atoms with Gasteiger partial charge in [-0.15, -0.1) is 5.75 Å². The molecule has 0 aliphatic carbocycles. The summed E-state index contributed by atoms with van der Waals surface area (Å²) in [6.45, 7) is 5.84. The molecule has 0 saturated heterocycles. The molecule has 0 saturated carbocycles. The monoisotopic (exact) mass is 161 g/mol. The van der Waals surface area contributed by atoms with Gasteiger partial charge < -0.3 is 5.11 Å². The van der Waals surface area contributed by atoms with Crippen molar-refractivity contribution in [1.82, 2.24) is 0 Å². The number of aryl methyl sites for hydroxylation is 1. The van der Waals surface area contributed by atoms with Crippen LogP contribution in [0.4, 0.5) is 0 Å². The first-order chi connectivity index (χ1) is 5.66. The molecule has 0 aliphatic rings. The van der Waals surface area contributed by atoms with Crippen LogP contribution in [0.3, 0.4) is 0 Å². The second-order valence-electron chi connectivity index (χ2n) is 2.92. The summed E-state index contributed by atoms with van der Waals surface area (Å²) in [5.74, 6) is 0.119. The molecule has 1 rings (SSSR count). The van der Waals surface area contributed by atoms with Crippen LogP contribution >= 0.6 is 0 Å². The van der Waals surface area contributed by atoms with Gasteiger partial charge >= 0.3 is 0 Å². The Labute approximate surface area is 73.4 Å². The maximum atomic E-state index is 11.2. The SMILES string of the molecule is C/C=C\c1c(C)ccc([O-])c1C. The summed E-state index contributed by atoms with van der Waals surface area (Å²) in [4.78, 5) is 0. The summed E-state index contributed by atoms with van der Waals surface area (Å²) in [6.07, 6.45) is 3.93. The summed E-state index contributed by atoms with van der Waals surface area (Å²) < 4.78 is 0. The lowest BCUT2D eigenvalue weighted by Gasteiger charge is -2.14. The van der Waals surface area contributed by atoms with Crippen LogP contribution in [0.2, 0.25) is 0 Å². The molecule has 0 radical (unpaired) electrons. The van der Waals surface area contributed by atoms with Crippen LogP contribution < -0.4 is 5.11 Å². The van der Waals surface area contributed by atoms with Gasteiger partial charge in [-0.3, -0.25) is 0 Å². The molecule has 0 atom stereocenters. The molecule has 1 aromatic rings. The van der Waals surface area contributed by atoms with E-state index in [-0.39, 0.29) is 5.75 Å². The van der Waals surface area contributed by atoms with Gasteiger partial charge in [0.25, 0.3) is 0 Å². The van der Waals surface area contributed by atoms with Crippen molar-refractivity contribution in [2.24, 2.45) is 0 Å². The predicted octanol–water partition coefficient (Wildman–Crippen LogP) is 2.41. The quantitative estimate of drug-likeness (QED) is 0.620. The zero-order valence-electron chi connectivity index (χ0n) is 7.72. The maximum absolute atomic E-state index is 11.2. The Morgan fingerprint density at radius 2 is 1.92 bits per heavy atom. The van der Waals surface area contributed by atoms with Crippen molar-refractivity contribution in [3.05, 3.63) is 34.9 Å². The van der Waals surface area contributed by atoms with E-state index in [1.807, 2.05) is 39.0 Å². The van der Waals surface area contributed by atoms with Gasteiger partial charge in [0.15, 0.2) is 0 Å². The van der Waals surface area contributed by atoms with Crippen molar-refractivity contribution >= 4 is 6.08 Å². The van der Waals surface area contributed by atoms with Crippen molar-refractivity contribution < 1.29 is 5.11 Å². The molecule has 0 aromatic heterocycles. The summed E-state index contributed by atoms with van der Waals surface area (Å²) in [5.41, 5.74) is 3.06. The van der Waals surface area contributed by atoms with Crippen LogP contribution in [0.25, 0.3) is 6.08 Å². The Kier molecular flexibility index (Phi) is 2.54. The lowest BCUT2D eigenvalue weighted by Crippen LogP contribution is -1.96. The smallest absolute Gasteiger partial charge is 0.0207 e. The van der Waals surface area contributed by atoms with Crippen molar-refractivity contribution in [1.29, 1.82) is 0 Å². The van der Waals surface area contributed by atoms with E-state index >= 15 is 0 Å². The third-order valence-corrected chi connectivity index (χ3v) is 2.02. The summed E-state index contributed by atoms with van der Waals surface area (Å²) in [7, 11) is 0. The number of benzene rings is 1. The predicted molar refractivity (Wildman–Crippen MR) is 50.1 cm³/mol. The lowest BCUT2D eigenvalue weighted by molar-refractivity contribution is -0.269. The van der Waals surface area contributed by atoms with E-state index in [4.69, 9.17) is 0 Å². The molecule has 0 amide bonds. The largest absolute Gasteiger partial charge is 0.872 e. The molecule has 0 N–H and O–H groups in total. The lowest BCUT2D eigenvalue weighted by atomic mass is 10.0. The highest BCUT2D eigenvalue weighted by atomic mass is 16.3. The number of allylic oxidation sites excluding steroid dienone is 1. The maximum Gasteiger partial charge on any atom is -0.0207 e. The van der Waals surface area contributed by atoms with E-state index < -0.39 is 0 Å². The molecule has 0 aliphatic heterocycles. The second kappa shape index (κ2) is 3.44. The van der Waals surface area contributed by atoms with Crippen LogP contribution in [0.5, 0.6) is 5.75 Å². The molecule has 0 bridgehead atoms. The molecule has 12 heavy (non-hydrogen) atoms. The molecule has 0 fully saturated rings. The molecule has 0 spiro atoms. The third kappa shape index (κ3) is 1.50. The van der Waals surface area contributed by atoms with Gasteiger partial charge in [0, 0.05) is 0 Å². The average Bonchev–Trinajstić information content (AvgIpc) is 2.06. The van der Waals surface area contributed by atoms with E-state index in [0.29, 0.717) is 0 Å². The highest BCUT2D eigenvalue weighted by Crippen LogP contribution is 2.21. The Morgan fingerprint density at radius 1 is 1.25 bits per heavy atom. The van der Waals surface area contributed by atoms with E-state index in [1.165, 1.54) is 0 Å². The molecule has 64 valence electrons. The molecular weight excluding hydrogens is 148 g/mol. The van der Waals surface area contributed by atoms with Gasteiger partial charge in [0.05, 0.1) is 0 Å². The second-order valence-corrected chi connectivity index (χ2v) is 2.92. The third-order valence-electron chi connectivity index (χ3n) is 2.02. The summed E-state index contributed by atoms with van der Waals surface area (Å²) in [6, 6.07) is 3.49. The molecule has 1 heteroatoms. The summed E-state index contributed by atoms with van der Waals surface area (Å²) in [5, 5.41) is 11.2. The fourth-order valence-corrected chi connectivity index (χ4v) is 1.27. The van der Waals surface area contributed by atoms with E-state index in [1.54, 1.807) is 6.07 Å². The fraction of sp³-hybridized carbons (Fsp3) is 0.273. The van der Waals surface area contributed by atoms with Crippen LogP contribution in [-0.4, -0.2) is 0 Å². The zero-order chi connectivity index (χ0) is 9.14. The van der Waals surface area contributed by atoms with Gasteiger partial charge in [-0.05, 0) is 31.9 Å². The van der Waals surface area contributed by atoms with Crippen LogP contribution in [0, 0.1) is 13.8 Å². The van der Waals surface area contributed by atoms with Gasteiger partial charge in [-0.2, -0.15) is 0 Å². The fourth-order valence-electron chi connectivity index (χ4n) is 1.27. The minimum Gasteiger partial charge on any atom is -0.872 e. The highest BCUT2D eigenvalue weighted by molar-refractivity contribution is 5.60. The van der Waals surface area contributed by atoms with E-state index in [9.17, 15) is 5.11 Å². The topological polar surface area (TPSA) is 23.1 Å². The highest BCUT2D eigenvalue weighted by Gasteiger charge is 1.97. The molecule has 1 nitrogen and oxygen atoms in total. The van der Waals surface area contributed by atoms with E-state index in [2.05, 4.69) is 0 Å². The van der Waals surface area contributed by atoms with Crippen molar-refractivity contribution in [3.8, 4) is 5.75 Å². The Balaban J connectivity index is 3.32. The average molecular weight is 161 g/mol. The standard InChI is InChI=1S/C11H14O/c1-4-5-10-8(2)6-7-11(12)9(10)3/h4-7,12H,1-3H3/p-1/b5-4-. The van der Waals surface area contributed by atoms with Gasteiger partial charge in [-0.1, -0.05) is 29.8 Å². The Morgan fingerprint density at radius 3 is 2.50 bits per heavy atom. The van der Waals surface area contributed by atoms with Gasteiger partial charge in [-0.25, -0.2) is 0 Å². The first-order valence-corrected chi connectivity index (χ1v) is 4.06. The van der Waals surface area contributed by atoms with E-state index in [0.717, 1.165) is 16.7 Å². The molecular formula is C11H13O-. The van der Waals surface area contributed by atoms with Crippen molar-refractivity contribution in [3.63, 3.8) is 0 Å². The van der Waals surface area contributed by atoms with Crippen molar-refractivity contribution in [2.75, 3.05) is 0 Å². The minimum absolute atomic E-state index is 0.119. The first kappa shape index (κ1) is 8.85. The number of hydrogen-bond donors (Lipinski definition) is 0. The van der Waals surface area contributed by atoms with Crippen LogP contribution in [-0.2, 0) is 0 Å².